The van der Waals surface area contributed by atoms with E-state index in [1.165, 1.54) is 22.6 Å². The molecule has 1 aromatic carbocycles. The minimum absolute atomic E-state index is 0.177. The molecule has 148 valence electrons. The summed E-state index contributed by atoms with van der Waals surface area (Å²) in [4.78, 5) is 21.0. The zero-order chi connectivity index (χ0) is 20.4. The molecular weight excluding hydrogens is 381 g/mol. The molecule has 0 N–H and O–H groups in total. The molecule has 0 radical (unpaired) electrons. The van der Waals surface area contributed by atoms with Gasteiger partial charge < -0.3 is 4.57 Å². The van der Waals surface area contributed by atoms with Gasteiger partial charge in [-0.1, -0.05) is 12.1 Å². The number of aryl methyl sites for hydroxylation is 2. The number of aromatic nitrogens is 4. The molecule has 0 aliphatic rings. The van der Waals surface area contributed by atoms with Gasteiger partial charge >= 0.3 is 6.18 Å². The van der Waals surface area contributed by atoms with Crippen LogP contribution in [0.25, 0.3) is 17.0 Å². The van der Waals surface area contributed by atoms with E-state index in [-0.39, 0.29) is 5.56 Å². The molecule has 0 saturated heterocycles. The van der Waals surface area contributed by atoms with E-state index in [0.717, 1.165) is 23.3 Å². The third-order valence-electron chi connectivity index (χ3n) is 4.71. The summed E-state index contributed by atoms with van der Waals surface area (Å²) in [7, 11) is 0. The van der Waals surface area contributed by atoms with Crippen molar-refractivity contribution in [1.29, 1.82) is 0 Å². The Hall–Kier alpha value is -3.42. The topological polar surface area (TPSA) is 52.2 Å². The van der Waals surface area contributed by atoms with Crippen molar-refractivity contribution in [1.82, 2.24) is 18.9 Å². The van der Waals surface area contributed by atoms with Gasteiger partial charge in [-0.05, 0) is 42.7 Å². The molecule has 0 fully saturated rings. The van der Waals surface area contributed by atoms with Crippen LogP contribution in [0.5, 0.6) is 0 Å². The van der Waals surface area contributed by atoms with Crippen LogP contribution in [0.15, 0.2) is 72.0 Å². The SMILES string of the molecule is O=c1cc(-c2ccncc2)nc2n(CCCc3ccc(C(F)(F)F)cc3)ccn12. The largest absolute Gasteiger partial charge is 0.416 e. The number of hydrogen-bond donors (Lipinski definition) is 0. The average Bonchev–Trinajstić information content (AvgIpc) is 3.12. The smallest absolute Gasteiger partial charge is 0.317 e. The van der Waals surface area contributed by atoms with Crippen LogP contribution in [0.3, 0.4) is 0 Å². The Kier molecular flexibility index (Phi) is 4.92. The van der Waals surface area contributed by atoms with E-state index in [4.69, 9.17) is 0 Å². The fraction of sp³-hybridized carbons (Fsp3) is 0.190. The maximum absolute atomic E-state index is 12.7. The normalized spacial score (nSPS) is 11.8. The van der Waals surface area contributed by atoms with E-state index in [1.807, 2.05) is 4.57 Å². The zero-order valence-electron chi connectivity index (χ0n) is 15.3. The lowest BCUT2D eigenvalue weighted by molar-refractivity contribution is -0.137. The van der Waals surface area contributed by atoms with Crippen molar-refractivity contribution in [3.8, 4) is 11.3 Å². The summed E-state index contributed by atoms with van der Waals surface area (Å²) < 4.78 is 41.3. The van der Waals surface area contributed by atoms with E-state index in [1.54, 1.807) is 36.9 Å². The molecule has 4 aromatic rings. The number of hydrogen-bond acceptors (Lipinski definition) is 3. The highest BCUT2D eigenvalue weighted by Crippen LogP contribution is 2.29. The quantitative estimate of drug-likeness (QED) is 0.506. The first-order valence-corrected chi connectivity index (χ1v) is 9.07. The lowest BCUT2D eigenvalue weighted by Gasteiger charge is -2.08. The van der Waals surface area contributed by atoms with Gasteiger partial charge in [0.1, 0.15) is 0 Å². The fourth-order valence-corrected chi connectivity index (χ4v) is 3.19. The van der Waals surface area contributed by atoms with Crippen LogP contribution in [-0.2, 0) is 19.1 Å². The first-order chi connectivity index (χ1) is 13.9. The Balaban J connectivity index is 1.51. The molecule has 3 aromatic heterocycles. The minimum Gasteiger partial charge on any atom is -0.317 e. The molecule has 0 unspecified atom stereocenters. The monoisotopic (exact) mass is 398 g/mol. The van der Waals surface area contributed by atoms with Gasteiger partial charge in [0, 0.05) is 43.0 Å². The van der Waals surface area contributed by atoms with Gasteiger partial charge in [0.15, 0.2) is 0 Å². The second-order valence-electron chi connectivity index (χ2n) is 6.68. The predicted octanol–water partition coefficient (Wildman–Crippen LogP) is 4.21. The molecule has 0 amide bonds. The van der Waals surface area contributed by atoms with Gasteiger partial charge in [-0.2, -0.15) is 13.2 Å². The second-order valence-corrected chi connectivity index (χ2v) is 6.68. The number of imidazole rings is 1. The van der Waals surface area contributed by atoms with Gasteiger partial charge in [-0.25, -0.2) is 4.98 Å². The van der Waals surface area contributed by atoms with Crippen molar-refractivity contribution in [3.63, 3.8) is 0 Å². The van der Waals surface area contributed by atoms with E-state index >= 15 is 0 Å². The summed E-state index contributed by atoms with van der Waals surface area (Å²) in [5.41, 5.74) is 1.38. The Morgan fingerprint density at radius 1 is 0.966 bits per heavy atom. The van der Waals surface area contributed by atoms with Crippen LogP contribution >= 0.6 is 0 Å². The highest BCUT2D eigenvalue weighted by Gasteiger charge is 2.29. The van der Waals surface area contributed by atoms with Crippen molar-refractivity contribution >= 4 is 5.78 Å². The van der Waals surface area contributed by atoms with Gasteiger partial charge in [0.25, 0.3) is 5.56 Å². The van der Waals surface area contributed by atoms with Crippen molar-refractivity contribution in [2.24, 2.45) is 0 Å². The van der Waals surface area contributed by atoms with Gasteiger partial charge in [-0.3, -0.25) is 14.2 Å². The van der Waals surface area contributed by atoms with Gasteiger partial charge in [0.2, 0.25) is 5.78 Å². The van der Waals surface area contributed by atoms with Crippen LogP contribution in [0.4, 0.5) is 13.2 Å². The second kappa shape index (κ2) is 7.54. The van der Waals surface area contributed by atoms with E-state index in [0.29, 0.717) is 30.9 Å². The van der Waals surface area contributed by atoms with Crippen LogP contribution < -0.4 is 5.56 Å². The molecule has 0 saturated carbocycles. The number of pyridine rings is 1. The maximum atomic E-state index is 12.7. The van der Waals surface area contributed by atoms with E-state index in [9.17, 15) is 18.0 Å². The molecule has 4 rings (SSSR count). The lowest BCUT2D eigenvalue weighted by atomic mass is 10.1. The summed E-state index contributed by atoms with van der Waals surface area (Å²) in [6.45, 7) is 0.587. The summed E-state index contributed by atoms with van der Waals surface area (Å²) in [5.74, 6) is 0.525. The molecular formula is C21H17F3N4O. The Morgan fingerprint density at radius 2 is 1.69 bits per heavy atom. The Bertz CT molecular complexity index is 1180. The maximum Gasteiger partial charge on any atom is 0.416 e. The number of benzene rings is 1. The minimum atomic E-state index is -4.33. The summed E-state index contributed by atoms with van der Waals surface area (Å²) in [6.07, 6.45) is 3.73. The van der Waals surface area contributed by atoms with Crippen LogP contribution in [-0.4, -0.2) is 18.9 Å². The van der Waals surface area contributed by atoms with Crippen molar-refractivity contribution in [2.45, 2.75) is 25.6 Å². The fourth-order valence-electron chi connectivity index (χ4n) is 3.19. The Labute approximate surface area is 164 Å². The first-order valence-electron chi connectivity index (χ1n) is 9.07. The van der Waals surface area contributed by atoms with Crippen LogP contribution in [0.1, 0.15) is 17.5 Å². The highest BCUT2D eigenvalue weighted by atomic mass is 19.4. The number of nitrogens with zero attached hydrogens (tertiary/aromatic N) is 4. The summed E-state index contributed by atoms with van der Waals surface area (Å²) >= 11 is 0. The van der Waals surface area contributed by atoms with Gasteiger partial charge in [0.05, 0.1) is 11.3 Å². The predicted molar refractivity (Wildman–Crippen MR) is 102 cm³/mol. The average molecular weight is 398 g/mol. The van der Waals surface area contributed by atoms with E-state index < -0.39 is 11.7 Å². The zero-order valence-corrected chi connectivity index (χ0v) is 15.3. The van der Waals surface area contributed by atoms with Crippen LogP contribution in [0.2, 0.25) is 0 Å². The molecule has 0 atom stereocenters. The van der Waals surface area contributed by atoms with Crippen molar-refractivity contribution in [3.05, 3.63) is 88.7 Å². The third-order valence-corrected chi connectivity index (χ3v) is 4.71. The van der Waals surface area contributed by atoms with Crippen LogP contribution in [0, 0.1) is 0 Å². The van der Waals surface area contributed by atoms with Gasteiger partial charge in [-0.15, -0.1) is 0 Å². The summed E-state index contributed by atoms with van der Waals surface area (Å²) in [5, 5.41) is 0. The third kappa shape index (κ3) is 4.06. The number of halogens is 3. The number of fused-ring (bicyclic) bond motifs is 1. The highest BCUT2D eigenvalue weighted by molar-refractivity contribution is 5.59. The number of rotatable bonds is 5. The molecule has 8 heteroatoms. The standard InChI is InChI=1S/C21H17F3N4O/c22-21(23,24)17-5-3-15(4-6-17)2-1-11-27-12-13-28-19(29)14-18(26-20(27)28)16-7-9-25-10-8-16/h3-10,12-14H,1-2,11H2. The van der Waals surface area contributed by atoms with Crippen molar-refractivity contribution < 1.29 is 13.2 Å². The summed E-state index contributed by atoms with van der Waals surface area (Å²) in [6, 6.07) is 10.3. The lowest BCUT2D eigenvalue weighted by Crippen LogP contribution is -2.14. The molecule has 5 nitrogen and oxygen atoms in total. The molecule has 0 aliphatic heterocycles. The molecule has 0 spiro atoms. The molecule has 3 heterocycles. The van der Waals surface area contributed by atoms with E-state index in [2.05, 4.69) is 9.97 Å². The molecule has 0 bridgehead atoms. The first kappa shape index (κ1) is 18.9. The number of alkyl halides is 3. The van der Waals surface area contributed by atoms with Crippen molar-refractivity contribution in [2.75, 3.05) is 0 Å². The Morgan fingerprint density at radius 3 is 2.38 bits per heavy atom. The molecule has 0 aliphatic carbocycles. The molecule has 29 heavy (non-hydrogen) atoms.